The molecule has 6 N–H and O–H groups in total. The lowest BCUT2D eigenvalue weighted by molar-refractivity contribution is 0.0949. The van der Waals surface area contributed by atoms with Gasteiger partial charge in [-0.15, -0.1) is 0 Å². The van der Waals surface area contributed by atoms with Crippen LogP contribution >= 0.6 is 0 Å². The van der Waals surface area contributed by atoms with E-state index >= 15 is 0 Å². The minimum atomic E-state index is -0.205. The molecule has 290 valence electrons. The molecule has 15 nitrogen and oxygen atoms in total. The summed E-state index contributed by atoms with van der Waals surface area (Å²) in [6, 6.07) is 17.8. The van der Waals surface area contributed by atoms with Crippen molar-refractivity contribution in [2.45, 2.75) is 13.1 Å². The van der Waals surface area contributed by atoms with Gasteiger partial charge in [-0.1, -0.05) is 0 Å². The summed E-state index contributed by atoms with van der Waals surface area (Å²) in [6.07, 6.45) is 0. The molecule has 15 heteroatoms. The van der Waals surface area contributed by atoms with Crippen LogP contribution in [0.1, 0.15) is 20.7 Å². The van der Waals surface area contributed by atoms with Gasteiger partial charge in [-0.2, -0.15) is 10.2 Å². The third-order valence-corrected chi connectivity index (χ3v) is 10.4. The Morgan fingerprint density at radius 3 is 1.46 bits per heavy atom. The number of amides is 2. The van der Waals surface area contributed by atoms with Crippen molar-refractivity contribution in [3.8, 4) is 34.0 Å². The molecule has 0 fully saturated rings. The molecule has 2 aliphatic heterocycles. The Labute approximate surface area is 324 Å². The van der Waals surface area contributed by atoms with Gasteiger partial charge < -0.3 is 46.2 Å². The van der Waals surface area contributed by atoms with E-state index in [-0.39, 0.29) is 23.3 Å². The SMILES string of the molecule is CN(C)CCn1nc2c3c(c(C(=O)NCCN(C)CCNC(=O)c4ccc5c6c(nn5CCN(C)C)-c5cc(O)ccc5Nc46)ccc31)Nc1ccc(O)cc1-2. The molecule has 4 heterocycles. The molecule has 0 atom stereocenters. The molecule has 0 spiro atoms. The average Bonchev–Trinajstić information content (AvgIpc) is 3.74. The normalized spacial score (nSPS) is 12.6. The molecule has 0 unspecified atom stereocenters. The third-order valence-electron chi connectivity index (χ3n) is 10.4. The molecule has 0 bridgehead atoms. The number of hydrogen-bond acceptors (Lipinski definition) is 11. The molecule has 2 aliphatic rings. The van der Waals surface area contributed by atoms with Crippen molar-refractivity contribution in [2.75, 3.05) is 85.1 Å². The van der Waals surface area contributed by atoms with Gasteiger partial charge in [0.25, 0.3) is 11.8 Å². The van der Waals surface area contributed by atoms with Gasteiger partial charge >= 0.3 is 0 Å². The maximum absolute atomic E-state index is 13.6. The summed E-state index contributed by atoms with van der Waals surface area (Å²) < 4.78 is 3.91. The fourth-order valence-electron chi connectivity index (χ4n) is 7.45. The number of hydrogen-bond donors (Lipinski definition) is 6. The summed E-state index contributed by atoms with van der Waals surface area (Å²) in [5.74, 6) is -0.109. The first-order valence-electron chi connectivity index (χ1n) is 18.8. The van der Waals surface area contributed by atoms with Gasteiger partial charge in [0.05, 0.1) is 57.4 Å². The van der Waals surface area contributed by atoms with Crippen LogP contribution in [0, 0.1) is 0 Å². The fraction of sp³-hybridized carbons (Fsp3) is 0.317. The van der Waals surface area contributed by atoms with Gasteiger partial charge in [0.15, 0.2) is 0 Å². The molecular formula is C41H47N11O4. The Hall–Kier alpha value is -6.16. The highest BCUT2D eigenvalue weighted by Gasteiger charge is 2.29. The highest BCUT2D eigenvalue weighted by atomic mass is 16.3. The zero-order chi connectivity index (χ0) is 39.2. The van der Waals surface area contributed by atoms with Crippen molar-refractivity contribution in [2.24, 2.45) is 0 Å². The van der Waals surface area contributed by atoms with Crippen LogP contribution in [0.5, 0.6) is 11.5 Å². The molecule has 0 saturated heterocycles. The summed E-state index contributed by atoms with van der Waals surface area (Å²) in [5, 5.41) is 45.1. The van der Waals surface area contributed by atoms with Crippen LogP contribution in [0.2, 0.25) is 0 Å². The van der Waals surface area contributed by atoms with Crippen LogP contribution in [0.25, 0.3) is 44.3 Å². The van der Waals surface area contributed by atoms with Crippen LogP contribution in [-0.2, 0) is 13.1 Å². The number of likely N-dealkylation sites (N-methyl/N-ethyl adjacent to an activating group) is 3. The van der Waals surface area contributed by atoms with E-state index in [1.54, 1.807) is 36.4 Å². The molecule has 0 saturated carbocycles. The van der Waals surface area contributed by atoms with E-state index in [9.17, 15) is 19.8 Å². The standard InChI is InChI=1S/C41H47N11O4/c1-48(2)18-20-51-32-12-8-26(36-34(32)38(46-51)28-22-24(53)6-10-30(28)44-36)40(55)42-14-16-50(5)17-15-43-41(56)27-9-13-33-35-37(27)45-31-11-7-25(54)23-29(31)39(35)47-52(33)21-19-49(3)4/h6-13,22-23,44-45,53-54H,14-21H2,1-5H3,(H,42,55)(H,43,56). The summed E-state index contributed by atoms with van der Waals surface area (Å²) >= 11 is 0. The van der Waals surface area contributed by atoms with Crippen LogP contribution in [0.15, 0.2) is 60.7 Å². The fourth-order valence-corrected chi connectivity index (χ4v) is 7.45. The number of carbonyl (C=O) groups excluding carboxylic acids is 2. The first-order valence-corrected chi connectivity index (χ1v) is 18.8. The maximum atomic E-state index is 13.6. The quantitative estimate of drug-likeness (QED) is 0.0868. The Kier molecular flexibility index (Phi) is 9.74. The summed E-state index contributed by atoms with van der Waals surface area (Å²) in [5.41, 5.74) is 8.84. The second kappa shape index (κ2) is 14.8. The Bertz CT molecular complexity index is 2330. The number of carbonyl (C=O) groups is 2. The van der Waals surface area contributed by atoms with E-state index in [0.717, 1.165) is 68.8 Å². The second-order valence-electron chi connectivity index (χ2n) is 15.0. The van der Waals surface area contributed by atoms with Gasteiger partial charge in [0.2, 0.25) is 0 Å². The topological polar surface area (TPSA) is 168 Å². The number of aromatic nitrogens is 4. The number of nitrogens with one attached hydrogen (secondary N) is 4. The zero-order valence-electron chi connectivity index (χ0n) is 32.3. The minimum absolute atomic E-state index is 0.151. The first-order chi connectivity index (χ1) is 27.0. The van der Waals surface area contributed by atoms with Crippen molar-refractivity contribution in [3.05, 3.63) is 71.8 Å². The number of aromatic hydroxyl groups is 2. The predicted molar refractivity (Wildman–Crippen MR) is 220 cm³/mol. The number of benzene rings is 4. The minimum Gasteiger partial charge on any atom is -0.508 e. The van der Waals surface area contributed by atoms with Crippen molar-refractivity contribution in [1.29, 1.82) is 0 Å². The first kappa shape index (κ1) is 36.8. The number of nitrogens with zero attached hydrogens (tertiary/aromatic N) is 7. The van der Waals surface area contributed by atoms with Crippen LogP contribution in [0.4, 0.5) is 22.7 Å². The van der Waals surface area contributed by atoms with Gasteiger partial charge in [-0.3, -0.25) is 19.0 Å². The highest BCUT2D eigenvalue weighted by molar-refractivity contribution is 6.17. The third kappa shape index (κ3) is 6.84. The van der Waals surface area contributed by atoms with Gasteiger partial charge in [0, 0.05) is 61.8 Å². The number of fused-ring (bicyclic) bond motifs is 4. The van der Waals surface area contributed by atoms with E-state index in [0.29, 0.717) is 61.8 Å². The molecule has 56 heavy (non-hydrogen) atoms. The Morgan fingerprint density at radius 1 is 0.625 bits per heavy atom. The van der Waals surface area contributed by atoms with E-state index in [1.807, 2.05) is 68.9 Å². The predicted octanol–water partition coefficient (Wildman–Crippen LogP) is 4.46. The number of phenols is 2. The van der Waals surface area contributed by atoms with Gasteiger partial charge in [0.1, 0.15) is 22.9 Å². The van der Waals surface area contributed by atoms with Crippen molar-refractivity contribution < 1.29 is 19.8 Å². The van der Waals surface area contributed by atoms with E-state index in [1.165, 1.54) is 0 Å². The maximum Gasteiger partial charge on any atom is 0.253 e. The molecule has 0 aliphatic carbocycles. The molecule has 2 amide bonds. The number of rotatable bonds is 14. The largest absolute Gasteiger partial charge is 0.508 e. The number of anilines is 4. The molecule has 0 radical (unpaired) electrons. The van der Waals surface area contributed by atoms with Gasteiger partial charge in [-0.25, -0.2) is 0 Å². The Balaban J connectivity index is 0.916. The molecule has 8 rings (SSSR count). The average molecular weight is 758 g/mol. The van der Waals surface area contributed by atoms with Gasteiger partial charge in [-0.05, 0) is 95.9 Å². The van der Waals surface area contributed by atoms with Crippen molar-refractivity contribution in [3.63, 3.8) is 0 Å². The van der Waals surface area contributed by atoms with E-state index in [4.69, 9.17) is 10.2 Å². The lowest BCUT2D eigenvalue weighted by Crippen LogP contribution is -2.37. The Morgan fingerprint density at radius 2 is 1.05 bits per heavy atom. The second-order valence-corrected chi connectivity index (χ2v) is 15.0. The monoisotopic (exact) mass is 757 g/mol. The van der Waals surface area contributed by atoms with E-state index < -0.39 is 0 Å². The van der Waals surface area contributed by atoms with E-state index in [2.05, 4.69) is 36.0 Å². The molecule has 2 aromatic heterocycles. The number of phenolic OH excluding ortho intramolecular Hbond substituents is 2. The van der Waals surface area contributed by atoms with Crippen LogP contribution in [-0.4, -0.2) is 131 Å². The smallest absolute Gasteiger partial charge is 0.253 e. The van der Waals surface area contributed by atoms with Crippen LogP contribution in [0.3, 0.4) is 0 Å². The highest BCUT2D eigenvalue weighted by Crippen LogP contribution is 2.47. The lowest BCUT2D eigenvalue weighted by Gasteiger charge is -2.22. The summed E-state index contributed by atoms with van der Waals surface area (Å²) in [7, 11) is 10.0. The zero-order valence-corrected chi connectivity index (χ0v) is 32.3. The van der Waals surface area contributed by atoms with Crippen LogP contribution < -0.4 is 21.3 Å². The molecule has 6 aromatic rings. The lowest BCUT2D eigenvalue weighted by atomic mass is 9.97. The molecular weight excluding hydrogens is 711 g/mol. The molecule has 4 aromatic carbocycles. The summed E-state index contributed by atoms with van der Waals surface area (Å²) in [4.78, 5) is 33.6. The van der Waals surface area contributed by atoms with Crippen molar-refractivity contribution >= 4 is 56.4 Å². The summed E-state index contributed by atoms with van der Waals surface area (Å²) in [6.45, 7) is 4.89. The van der Waals surface area contributed by atoms with Crippen molar-refractivity contribution in [1.82, 2.24) is 44.9 Å².